The number of rotatable bonds is 6. The van der Waals surface area contributed by atoms with Gasteiger partial charge in [0.1, 0.15) is 5.75 Å². The van der Waals surface area contributed by atoms with Crippen LogP contribution in [0.15, 0.2) is 18.2 Å². The van der Waals surface area contributed by atoms with Gasteiger partial charge >= 0.3 is 0 Å². The van der Waals surface area contributed by atoms with E-state index >= 15 is 0 Å². The van der Waals surface area contributed by atoms with Crippen LogP contribution in [-0.2, 0) is 9.59 Å². The third-order valence-electron chi connectivity index (χ3n) is 4.39. The van der Waals surface area contributed by atoms with Crippen molar-refractivity contribution in [3.05, 3.63) is 28.8 Å². The number of hydrogen-bond donors (Lipinski definition) is 1. The summed E-state index contributed by atoms with van der Waals surface area (Å²) in [4.78, 5) is 25.7. The molecule has 1 saturated heterocycles. The molecule has 0 bridgehead atoms. The van der Waals surface area contributed by atoms with Crippen LogP contribution >= 0.6 is 11.6 Å². The summed E-state index contributed by atoms with van der Waals surface area (Å²) in [5.74, 6) is 1.06. The number of nitrogens with one attached hydrogen (secondary N) is 1. The highest BCUT2D eigenvalue weighted by atomic mass is 35.5. The first-order chi connectivity index (χ1) is 11.5. The van der Waals surface area contributed by atoms with Crippen LogP contribution in [0.4, 0.5) is 0 Å². The number of likely N-dealkylation sites (tertiary alicyclic amines) is 1. The average Bonchev–Trinajstić information content (AvgIpc) is 2.59. The summed E-state index contributed by atoms with van der Waals surface area (Å²) in [5.41, 5.74) is 0.991. The second-order valence-corrected chi connectivity index (χ2v) is 6.57. The van der Waals surface area contributed by atoms with E-state index in [1.807, 2.05) is 24.0 Å². The second kappa shape index (κ2) is 8.92. The van der Waals surface area contributed by atoms with Crippen molar-refractivity contribution in [1.29, 1.82) is 0 Å². The molecule has 0 aromatic heterocycles. The maximum atomic E-state index is 12.2. The summed E-state index contributed by atoms with van der Waals surface area (Å²) in [6.45, 7) is 3.77. The zero-order chi connectivity index (χ0) is 17.5. The van der Waals surface area contributed by atoms with Crippen molar-refractivity contribution < 1.29 is 14.3 Å². The van der Waals surface area contributed by atoms with E-state index in [0.29, 0.717) is 37.6 Å². The molecule has 2 amide bonds. The van der Waals surface area contributed by atoms with Crippen LogP contribution in [0.3, 0.4) is 0 Å². The molecular formula is C18H25ClN2O3. The quantitative estimate of drug-likeness (QED) is 0.801. The standard InChI is InChI=1S/C18H25ClN2O3/c1-13-12-15(19)5-6-16(13)24-11-3-4-17(22)21-9-7-14(8-10-21)18(23)20-2/h5-6,12,14H,3-4,7-11H2,1-2H3,(H,20,23). The highest BCUT2D eigenvalue weighted by Gasteiger charge is 2.26. The molecule has 0 spiro atoms. The summed E-state index contributed by atoms with van der Waals surface area (Å²) >= 11 is 5.91. The fraction of sp³-hybridized carbons (Fsp3) is 0.556. The third-order valence-corrected chi connectivity index (χ3v) is 4.63. The van der Waals surface area contributed by atoms with E-state index in [2.05, 4.69) is 5.32 Å². The van der Waals surface area contributed by atoms with Gasteiger partial charge in [0.25, 0.3) is 0 Å². The van der Waals surface area contributed by atoms with Crippen LogP contribution in [0.1, 0.15) is 31.2 Å². The monoisotopic (exact) mass is 352 g/mol. The SMILES string of the molecule is CNC(=O)C1CCN(C(=O)CCCOc2ccc(Cl)cc2C)CC1. The summed E-state index contributed by atoms with van der Waals surface area (Å²) in [6.07, 6.45) is 2.63. The van der Waals surface area contributed by atoms with Gasteiger partial charge in [-0.25, -0.2) is 0 Å². The number of halogens is 1. The molecule has 1 aromatic rings. The van der Waals surface area contributed by atoms with Gasteiger partial charge in [-0.2, -0.15) is 0 Å². The molecule has 1 aliphatic heterocycles. The molecule has 0 saturated carbocycles. The maximum Gasteiger partial charge on any atom is 0.222 e. The van der Waals surface area contributed by atoms with Gasteiger partial charge in [-0.3, -0.25) is 9.59 Å². The third kappa shape index (κ3) is 5.13. The zero-order valence-electron chi connectivity index (χ0n) is 14.3. The van der Waals surface area contributed by atoms with Crippen LogP contribution in [0, 0.1) is 12.8 Å². The predicted molar refractivity (Wildman–Crippen MR) is 94.3 cm³/mol. The molecule has 6 heteroatoms. The minimum absolute atomic E-state index is 0.0373. The lowest BCUT2D eigenvalue weighted by atomic mass is 9.96. The van der Waals surface area contributed by atoms with E-state index in [1.54, 1.807) is 13.1 Å². The molecule has 0 radical (unpaired) electrons. The first kappa shape index (κ1) is 18.6. The Balaban J connectivity index is 1.68. The number of carbonyl (C=O) groups excluding carboxylic acids is 2. The maximum absolute atomic E-state index is 12.2. The van der Waals surface area contributed by atoms with Crippen molar-refractivity contribution in [1.82, 2.24) is 10.2 Å². The Morgan fingerprint density at radius 1 is 1.33 bits per heavy atom. The van der Waals surface area contributed by atoms with E-state index in [1.165, 1.54) is 0 Å². The lowest BCUT2D eigenvalue weighted by Gasteiger charge is -2.31. The Morgan fingerprint density at radius 2 is 2.04 bits per heavy atom. The van der Waals surface area contributed by atoms with Crippen molar-refractivity contribution in [3.8, 4) is 5.75 Å². The lowest BCUT2D eigenvalue weighted by molar-refractivity contribution is -0.135. The highest BCUT2D eigenvalue weighted by molar-refractivity contribution is 6.30. The van der Waals surface area contributed by atoms with Crippen molar-refractivity contribution >= 4 is 23.4 Å². The Bertz CT molecular complexity index is 584. The van der Waals surface area contributed by atoms with Crippen molar-refractivity contribution in [2.45, 2.75) is 32.6 Å². The Labute approximate surface area is 148 Å². The summed E-state index contributed by atoms with van der Waals surface area (Å²) in [7, 11) is 1.66. The van der Waals surface area contributed by atoms with Crippen molar-refractivity contribution in [3.63, 3.8) is 0 Å². The molecule has 0 atom stereocenters. The molecule has 5 nitrogen and oxygen atoms in total. The molecule has 1 aromatic carbocycles. The number of amides is 2. The van der Waals surface area contributed by atoms with Crippen LogP contribution in [0.2, 0.25) is 5.02 Å². The van der Waals surface area contributed by atoms with Crippen molar-refractivity contribution in [2.24, 2.45) is 5.92 Å². The Hall–Kier alpha value is -1.75. The van der Waals surface area contributed by atoms with Gasteiger partial charge in [0.05, 0.1) is 6.61 Å². The zero-order valence-corrected chi connectivity index (χ0v) is 15.1. The minimum Gasteiger partial charge on any atom is -0.493 e. The molecule has 1 N–H and O–H groups in total. The molecule has 1 heterocycles. The Kier molecular flexibility index (Phi) is 6.91. The summed E-state index contributed by atoms with van der Waals surface area (Å²) in [5, 5.41) is 3.37. The highest BCUT2D eigenvalue weighted by Crippen LogP contribution is 2.22. The first-order valence-corrected chi connectivity index (χ1v) is 8.77. The topological polar surface area (TPSA) is 58.6 Å². The van der Waals surface area contributed by atoms with Gasteiger partial charge in [-0.05, 0) is 49.9 Å². The fourth-order valence-electron chi connectivity index (χ4n) is 2.93. The van der Waals surface area contributed by atoms with E-state index in [9.17, 15) is 9.59 Å². The molecular weight excluding hydrogens is 328 g/mol. The number of benzene rings is 1. The van der Waals surface area contributed by atoms with Crippen LogP contribution in [0.25, 0.3) is 0 Å². The normalized spacial score (nSPS) is 15.2. The molecule has 132 valence electrons. The molecule has 24 heavy (non-hydrogen) atoms. The van der Waals surface area contributed by atoms with E-state index in [-0.39, 0.29) is 17.7 Å². The number of aryl methyl sites for hydroxylation is 1. The van der Waals surface area contributed by atoms with Crippen LogP contribution < -0.4 is 10.1 Å². The lowest BCUT2D eigenvalue weighted by Crippen LogP contribution is -2.42. The predicted octanol–water partition coefficient (Wildman–Crippen LogP) is 2.79. The fourth-order valence-corrected chi connectivity index (χ4v) is 3.16. The van der Waals surface area contributed by atoms with Gasteiger partial charge in [0.15, 0.2) is 0 Å². The van der Waals surface area contributed by atoms with Gasteiger partial charge in [0.2, 0.25) is 11.8 Å². The van der Waals surface area contributed by atoms with Gasteiger partial charge in [-0.1, -0.05) is 11.6 Å². The van der Waals surface area contributed by atoms with Crippen LogP contribution in [-0.4, -0.2) is 43.5 Å². The van der Waals surface area contributed by atoms with Crippen LogP contribution in [0.5, 0.6) is 5.75 Å². The first-order valence-electron chi connectivity index (χ1n) is 8.39. The molecule has 0 aliphatic carbocycles. The van der Waals surface area contributed by atoms with Crippen molar-refractivity contribution in [2.75, 3.05) is 26.7 Å². The largest absolute Gasteiger partial charge is 0.493 e. The molecule has 1 fully saturated rings. The Morgan fingerprint density at radius 3 is 2.67 bits per heavy atom. The number of hydrogen-bond acceptors (Lipinski definition) is 3. The average molecular weight is 353 g/mol. The minimum atomic E-state index is 0.0373. The number of nitrogens with zero attached hydrogens (tertiary/aromatic N) is 1. The molecule has 2 rings (SSSR count). The van der Waals surface area contributed by atoms with E-state index in [0.717, 1.165) is 24.2 Å². The van der Waals surface area contributed by atoms with E-state index < -0.39 is 0 Å². The number of carbonyl (C=O) groups is 2. The summed E-state index contributed by atoms with van der Waals surface area (Å²) < 4.78 is 5.71. The summed E-state index contributed by atoms with van der Waals surface area (Å²) in [6, 6.07) is 5.51. The van der Waals surface area contributed by atoms with E-state index in [4.69, 9.17) is 16.3 Å². The van der Waals surface area contributed by atoms with Gasteiger partial charge < -0.3 is 15.0 Å². The second-order valence-electron chi connectivity index (χ2n) is 6.13. The smallest absolute Gasteiger partial charge is 0.222 e. The molecule has 1 aliphatic rings. The molecule has 0 unspecified atom stereocenters. The number of ether oxygens (including phenoxy) is 1. The van der Waals surface area contributed by atoms with Gasteiger partial charge in [0, 0.05) is 37.5 Å². The van der Waals surface area contributed by atoms with Gasteiger partial charge in [-0.15, -0.1) is 0 Å². The number of piperidine rings is 1.